The van der Waals surface area contributed by atoms with Crippen molar-refractivity contribution in [3.8, 4) is 0 Å². The molecule has 3 saturated carbocycles. The van der Waals surface area contributed by atoms with Gasteiger partial charge in [0.15, 0.2) is 5.79 Å². The van der Waals surface area contributed by atoms with Crippen LogP contribution in [-0.2, 0) is 14.3 Å². The monoisotopic (exact) mass is 320 g/mol. The summed E-state index contributed by atoms with van der Waals surface area (Å²) >= 11 is 0. The van der Waals surface area contributed by atoms with Gasteiger partial charge in [-0.15, -0.1) is 0 Å². The van der Waals surface area contributed by atoms with Gasteiger partial charge in [-0.3, -0.25) is 4.79 Å². The molecule has 0 aromatic rings. The van der Waals surface area contributed by atoms with Gasteiger partial charge in [-0.05, 0) is 37.5 Å². The molecule has 1 spiro atoms. The van der Waals surface area contributed by atoms with Crippen molar-refractivity contribution in [3.05, 3.63) is 0 Å². The normalized spacial score (nSPS) is 45.3. The molecule has 4 rings (SSSR count). The molecule has 1 aliphatic heterocycles. The minimum absolute atomic E-state index is 0.0860. The van der Waals surface area contributed by atoms with Crippen LogP contribution in [0.25, 0.3) is 0 Å². The van der Waals surface area contributed by atoms with Crippen LogP contribution in [0, 0.1) is 22.2 Å². The van der Waals surface area contributed by atoms with Crippen LogP contribution >= 0.6 is 0 Å². The Balaban J connectivity index is 1.76. The molecule has 0 radical (unpaired) electrons. The van der Waals surface area contributed by atoms with Gasteiger partial charge in [0.1, 0.15) is 5.78 Å². The number of carbonyl (C=O) groups excluding carboxylic acids is 1. The SMILES string of the molecule is CC1(C)COC2(CCC34CCCC(C)(CCCCC3=O)C24)OC1. The van der Waals surface area contributed by atoms with Gasteiger partial charge in [0.2, 0.25) is 0 Å². The largest absolute Gasteiger partial charge is 0.349 e. The van der Waals surface area contributed by atoms with E-state index in [0.717, 1.165) is 45.3 Å². The van der Waals surface area contributed by atoms with E-state index >= 15 is 0 Å². The molecule has 3 heteroatoms. The lowest BCUT2D eigenvalue weighted by Gasteiger charge is -2.57. The predicted molar refractivity (Wildman–Crippen MR) is 89.0 cm³/mol. The van der Waals surface area contributed by atoms with E-state index in [-0.39, 0.29) is 22.2 Å². The Morgan fingerprint density at radius 1 is 0.870 bits per heavy atom. The number of ether oxygens (including phenoxy) is 2. The van der Waals surface area contributed by atoms with Gasteiger partial charge in [0.25, 0.3) is 0 Å². The van der Waals surface area contributed by atoms with Crippen molar-refractivity contribution in [2.24, 2.45) is 22.2 Å². The molecule has 3 atom stereocenters. The highest BCUT2D eigenvalue weighted by molar-refractivity contribution is 5.86. The summed E-state index contributed by atoms with van der Waals surface area (Å²) in [6, 6.07) is 0. The van der Waals surface area contributed by atoms with Crippen molar-refractivity contribution in [2.75, 3.05) is 13.2 Å². The van der Waals surface area contributed by atoms with Crippen LogP contribution in [0.2, 0.25) is 0 Å². The fourth-order valence-electron chi connectivity index (χ4n) is 6.33. The van der Waals surface area contributed by atoms with E-state index in [1.165, 1.54) is 25.7 Å². The first-order valence-corrected chi connectivity index (χ1v) is 9.63. The Labute approximate surface area is 140 Å². The average Bonchev–Trinajstić information content (AvgIpc) is 2.84. The standard InChI is InChI=1S/C20H32O3/c1-17(2)13-22-20(23-14-17)12-11-19-10-6-9-18(3,16(19)20)8-5-4-7-15(19)21/h16H,4-14H2,1-3H3. The van der Waals surface area contributed by atoms with Crippen molar-refractivity contribution in [3.63, 3.8) is 0 Å². The molecule has 3 nitrogen and oxygen atoms in total. The number of hydrogen-bond acceptors (Lipinski definition) is 3. The smallest absolute Gasteiger partial charge is 0.172 e. The zero-order valence-electron chi connectivity index (χ0n) is 15.1. The lowest BCUT2D eigenvalue weighted by molar-refractivity contribution is -0.337. The molecule has 1 heterocycles. The third-order valence-electron chi connectivity index (χ3n) is 7.35. The molecule has 4 aliphatic rings. The van der Waals surface area contributed by atoms with Crippen LogP contribution < -0.4 is 0 Å². The quantitative estimate of drug-likeness (QED) is 0.660. The van der Waals surface area contributed by atoms with Gasteiger partial charge in [-0.1, -0.05) is 33.6 Å². The summed E-state index contributed by atoms with van der Waals surface area (Å²) in [5.41, 5.74) is 0.129. The fourth-order valence-corrected chi connectivity index (χ4v) is 6.33. The Kier molecular flexibility index (Phi) is 3.53. The minimum atomic E-state index is -0.488. The van der Waals surface area contributed by atoms with E-state index < -0.39 is 5.79 Å². The van der Waals surface area contributed by atoms with Crippen LogP contribution in [-0.4, -0.2) is 24.8 Å². The van der Waals surface area contributed by atoms with Crippen molar-refractivity contribution in [2.45, 2.75) is 84.3 Å². The maximum Gasteiger partial charge on any atom is 0.172 e. The minimum Gasteiger partial charge on any atom is -0.349 e. The van der Waals surface area contributed by atoms with Crippen molar-refractivity contribution < 1.29 is 14.3 Å². The van der Waals surface area contributed by atoms with Crippen LogP contribution in [0.3, 0.4) is 0 Å². The van der Waals surface area contributed by atoms with Crippen molar-refractivity contribution in [1.29, 1.82) is 0 Å². The molecular formula is C20H32O3. The second-order valence-corrected chi connectivity index (χ2v) is 9.78. The van der Waals surface area contributed by atoms with Crippen molar-refractivity contribution >= 4 is 5.78 Å². The van der Waals surface area contributed by atoms with Crippen molar-refractivity contribution in [1.82, 2.24) is 0 Å². The van der Waals surface area contributed by atoms with E-state index in [1.807, 2.05) is 0 Å². The van der Waals surface area contributed by atoms with Crippen LogP contribution in [0.4, 0.5) is 0 Å². The molecule has 0 amide bonds. The first-order chi connectivity index (χ1) is 10.8. The third kappa shape index (κ3) is 2.26. The van der Waals surface area contributed by atoms with Crippen LogP contribution in [0.5, 0.6) is 0 Å². The molecule has 0 aromatic heterocycles. The molecule has 130 valence electrons. The van der Waals surface area contributed by atoms with E-state index in [2.05, 4.69) is 20.8 Å². The van der Waals surface area contributed by atoms with Gasteiger partial charge in [0.05, 0.1) is 13.2 Å². The Morgan fingerprint density at radius 2 is 1.57 bits per heavy atom. The first kappa shape index (κ1) is 16.1. The molecule has 4 fully saturated rings. The summed E-state index contributed by atoms with van der Waals surface area (Å²) in [4.78, 5) is 13.2. The zero-order chi connectivity index (χ0) is 16.3. The molecule has 23 heavy (non-hydrogen) atoms. The number of Topliss-reactive ketones (excluding diaryl/α,β-unsaturated/α-hetero) is 1. The highest BCUT2D eigenvalue weighted by Gasteiger charge is 2.69. The summed E-state index contributed by atoms with van der Waals surface area (Å²) in [6.45, 7) is 8.34. The Bertz CT molecular complexity index is 501. The van der Waals surface area contributed by atoms with E-state index in [0.29, 0.717) is 5.78 Å². The van der Waals surface area contributed by atoms with Crippen LogP contribution in [0.15, 0.2) is 0 Å². The Morgan fingerprint density at radius 3 is 2.30 bits per heavy atom. The average molecular weight is 320 g/mol. The molecule has 3 aliphatic carbocycles. The second-order valence-electron chi connectivity index (χ2n) is 9.78. The van der Waals surface area contributed by atoms with Gasteiger partial charge in [-0.25, -0.2) is 0 Å². The molecule has 0 aromatic carbocycles. The number of rotatable bonds is 0. The van der Waals surface area contributed by atoms with Gasteiger partial charge < -0.3 is 9.47 Å². The number of carbonyl (C=O) groups is 1. The number of ketones is 1. The number of hydrogen-bond donors (Lipinski definition) is 0. The highest BCUT2D eigenvalue weighted by Crippen LogP contribution is 2.67. The molecular weight excluding hydrogens is 288 g/mol. The fraction of sp³-hybridized carbons (Fsp3) is 0.950. The van der Waals surface area contributed by atoms with Crippen LogP contribution in [0.1, 0.15) is 78.6 Å². The maximum absolute atomic E-state index is 13.2. The first-order valence-electron chi connectivity index (χ1n) is 9.63. The summed E-state index contributed by atoms with van der Waals surface area (Å²) in [7, 11) is 0. The van der Waals surface area contributed by atoms with Gasteiger partial charge >= 0.3 is 0 Å². The molecule has 0 N–H and O–H groups in total. The van der Waals surface area contributed by atoms with E-state index in [4.69, 9.17) is 9.47 Å². The maximum atomic E-state index is 13.2. The summed E-state index contributed by atoms with van der Waals surface area (Å²) < 4.78 is 13.0. The van der Waals surface area contributed by atoms with E-state index in [1.54, 1.807) is 0 Å². The molecule has 1 saturated heterocycles. The predicted octanol–water partition coefficient (Wildman–Crippen LogP) is 4.49. The topological polar surface area (TPSA) is 35.5 Å². The van der Waals surface area contributed by atoms with E-state index in [9.17, 15) is 4.79 Å². The third-order valence-corrected chi connectivity index (χ3v) is 7.35. The zero-order valence-corrected chi connectivity index (χ0v) is 15.1. The lowest BCUT2D eigenvalue weighted by Crippen LogP contribution is -2.60. The lowest BCUT2D eigenvalue weighted by atomic mass is 9.51. The summed E-state index contributed by atoms with van der Waals surface area (Å²) in [6.07, 6.45) is 9.62. The Hall–Kier alpha value is -0.410. The highest BCUT2D eigenvalue weighted by atomic mass is 16.7. The van der Waals surface area contributed by atoms with Gasteiger partial charge in [-0.2, -0.15) is 0 Å². The summed E-state index contributed by atoms with van der Waals surface area (Å²) in [5.74, 6) is 0.291. The molecule has 3 unspecified atom stereocenters. The summed E-state index contributed by atoms with van der Waals surface area (Å²) in [5, 5.41) is 0. The molecule has 2 bridgehead atoms. The second kappa shape index (κ2) is 5.05. The van der Waals surface area contributed by atoms with Gasteiger partial charge in [0, 0.05) is 29.6 Å².